The molecule has 2 saturated heterocycles. The zero-order valence-electron chi connectivity index (χ0n) is 15.0. The molecule has 4 rings (SSSR count). The van der Waals surface area contributed by atoms with Crippen molar-refractivity contribution in [1.29, 1.82) is 0 Å². The van der Waals surface area contributed by atoms with Crippen LogP contribution in [-0.2, 0) is 0 Å². The predicted molar refractivity (Wildman–Crippen MR) is 106 cm³/mol. The van der Waals surface area contributed by atoms with Crippen LogP contribution in [0.2, 0.25) is 5.02 Å². The van der Waals surface area contributed by atoms with Crippen LogP contribution in [0.4, 0.5) is 0 Å². The van der Waals surface area contributed by atoms with Crippen LogP contribution in [0.1, 0.15) is 35.8 Å². The highest BCUT2D eigenvalue weighted by atomic mass is 35.5. The van der Waals surface area contributed by atoms with Gasteiger partial charge in [-0.05, 0) is 36.0 Å². The van der Waals surface area contributed by atoms with Gasteiger partial charge in [0.1, 0.15) is 0 Å². The van der Waals surface area contributed by atoms with Crippen LogP contribution < -0.4 is 5.32 Å². The Morgan fingerprint density at radius 3 is 2.58 bits per heavy atom. The second-order valence-electron chi connectivity index (χ2n) is 7.38. The summed E-state index contributed by atoms with van der Waals surface area (Å²) in [6, 6.07) is 7.58. The van der Waals surface area contributed by atoms with Gasteiger partial charge < -0.3 is 10.2 Å². The molecule has 1 aromatic carbocycles. The van der Waals surface area contributed by atoms with Gasteiger partial charge in [-0.15, -0.1) is 12.4 Å². The second kappa shape index (κ2) is 7.59. The van der Waals surface area contributed by atoms with Crippen molar-refractivity contribution in [3.8, 4) is 5.69 Å². The van der Waals surface area contributed by atoms with E-state index in [1.54, 1.807) is 6.20 Å². The maximum atomic E-state index is 13.1. The summed E-state index contributed by atoms with van der Waals surface area (Å²) in [6.07, 6.45) is 1.71. The van der Waals surface area contributed by atoms with E-state index in [1.807, 2.05) is 33.8 Å². The van der Waals surface area contributed by atoms with Crippen LogP contribution in [0.15, 0.2) is 30.5 Å². The number of carbonyl (C=O) groups excluding carboxylic acids is 1. The molecule has 26 heavy (non-hydrogen) atoms. The van der Waals surface area contributed by atoms with E-state index >= 15 is 0 Å². The fourth-order valence-corrected chi connectivity index (χ4v) is 4.27. The Labute approximate surface area is 165 Å². The number of amides is 1. The van der Waals surface area contributed by atoms with Gasteiger partial charge in [-0.25, -0.2) is 4.68 Å². The van der Waals surface area contributed by atoms with Crippen molar-refractivity contribution in [3.63, 3.8) is 0 Å². The Morgan fingerprint density at radius 2 is 1.96 bits per heavy atom. The van der Waals surface area contributed by atoms with Crippen molar-refractivity contribution >= 4 is 29.9 Å². The highest BCUT2D eigenvalue weighted by molar-refractivity contribution is 6.30. The van der Waals surface area contributed by atoms with E-state index in [0.717, 1.165) is 37.6 Å². The number of benzene rings is 1. The zero-order valence-corrected chi connectivity index (χ0v) is 16.6. The highest BCUT2D eigenvalue weighted by Crippen LogP contribution is 2.30. The smallest absolute Gasteiger partial charge is 0.257 e. The van der Waals surface area contributed by atoms with Gasteiger partial charge in [0, 0.05) is 31.2 Å². The van der Waals surface area contributed by atoms with E-state index < -0.39 is 0 Å². The summed E-state index contributed by atoms with van der Waals surface area (Å²) in [5.41, 5.74) is 2.54. The van der Waals surface area contributed by atoms with Crippen molar-refractivity contribution < 1.29 is 4.79 Å². The van der Waals surface area contributed by atoms with Gasteiger partial charge in [0.15, 0.2) is 0 Å². The average molecular weight is 395 g/mol. The lowest BCUT2D eigenvalue weighted by molar-refractivity contribution is 0.0780. The van der Waals surface area contributed by atoms with Crippen LogP contribution in [0.25, 0.3) is 5.69 Å². The fraction of sp³-hybridized carbons (Fsp3) is 0.474. The Balaban J connectivity index is 0.00000196. The molecule has 2 atom stereocenters. The summed E-state index contributed by atoms with van der Waals surface area (Å²) in [5.74, 6) is 1.47. The number of likely N-dealkylation sites (tertiary alicyclic amines) is 1. The van der Waals surface area contributed by atoms with E-state index in [4.69, 9.17) is 11.6 Å². The lowest BCUT2D eigenvalue weighted by Crippen LogP contribution is -2.32. The molecule has 1 amide bonds. The minimum Gasteiger partial charge on any atom is -0.338 e. The third-order valence-corrected chi connectivity index (χ3v) is 5.55. The molecule has 1 N–H and O–H groups in total. The Kier molecular flexibility index (Phi) is 5.61. The lowest BCUT2D eigenvalue weighted by atomic mass is 10.0. The van der Waals surface area contributed by atoms with Crippen LogP contribution >= 0.6 is 24.0 Å². The minimum atomic E-state index is 0. The largest absolute Gasteiger partial charge is 0.338 e. The van der Waals surface area contributed by atoms with Crippen LogP contribution in [0.5, 0.6) is 0 Å². The SMILES string of the molecule is CC(C)c1c(C(=O)N2C[C@H]3CNC[C@H]3C2)cnn1-c1cccc(Cl)c1.Cl. The van der Waals surface area contributed by atoms with Crippen molar-refractivity contribution in [2.75, 3.05) is 26.2 Å². The van der Waals surface area contributed by atoms with Gasteiger partial charge in [0.25, 0.3) is 5.91 Å². The molecule has 0 bridgehead atoms. The van der Waals surface area contributed by atoms with Crippen molar-refractivity contribution in [3.05, 3.63) is 46.7 Å². The third kappa shape index (κ3) is 3.36. The van der Waals surface area contributed by atoms with Gasteiger partial charge >= 0.3 is 0 Å². The molecular formula is C19H24Cl2N4O. The first-order valence-corrected chi connectivity index (χ1v) is 9.26. The number of fused-ring (bicyclic) bond motifs is 1. The van der Waals surface area contributed by atoms with Crippen LogP contribution in [-0.4, -0.2) is 46.8 Å². The molecule has 5 nitrogen and oxygen atoms in total. The minimum absolute atomic E-state index is 0. The summed E-state index contributed by atoms with van der Waals surface area (Å²) in [6.45, 7) is 7.92. The molecule has 1 aromatic heterocycles. The number of rotatable bonds is 3. The third-order valence-electron chi connectivity index (χ3n) is 5.31. The molecule has 0 saturated carbocycles. The molecule has 3 heterocycles. The maximum Gasteiger partial charge on any atom is 0.257 e. The average Bonchev–Trinajstić information content (AvgIpc) is 3.27. The first-order valence-electron chi connectivity index (χ1n) is 8.88. The molecule has 2 aliphatic rings. The fourth-order valence-electron chi connectivity index (χ4n) is 4.08. The summed E-state index contributed by atoms with van der Waals surface area (Å²) in [5, 5.41) is 8.59. The Morgan fingerprint density at radius 1 is 1.27 bits per heavy atom. The number of nitrogens with one attached hydrogen (secondary N) is 1. The molecule has 2 aliphatic heterocycles. The summed E-state index contributed by atoms with van der Waals surface area (Å²) < 4.78 is 1.85. The van der Waals surface area contributed by atoms with Gasteiger partial charge in [-0.1, -0.05) is 31.5 Å². The van der Waals surface area contributed by atoms with Gasteiger partial charge in [0.2, 0.25) is 0 Å². The topological polar surface area (TPSA) is 50.2 Å². The number of carbonyl (C=O) groups is 1. The number of hydrogen-bond donors (Lipinski definition) is 1. The van der Waals surface area contributed by atoms with Gasteiger partial charge in [-0.2, -0.15) is 5.10 Å². The number of aromatic nitrogens is 2. The maximum absolute atomic E-state index is 13.1. The molecule has 140 valence electrons. The van der Waals surface area contributed by atoms with E-state index in [9.17, 15) is 4.79 Å². The number of nitrogens with zero attached hydrogens (tertiary/aromatic N) is 3. The normalized spacial score (nSPS) is 21.8. The second-order valence-corrected chi connectivity index (χ2v) is 7.81. The molecule has 0 radical (unpaired) electrons. The lowest BCUT2D eigenvalue weighted by Gasteiger charge is -2.19. The zero-order chi connectivity index (χ0) is 17.6. The van der Waals surface area contributed by atoms with Crippen molar-refractivity contribution in [2.45, 2.75) is 19.8 Å². The van der Waals surface area contributed by atoms with Crippen LogP contribution in [0.3, 0.4) is 0 Å². The summed E-state index contributed by atoms with van der Waals surface area (Å²) >= 11 is 6.13. The van der Waals surface area contributed by atoms with Crippen molar-refractivity contribution in [2.24, 2.45) is 11.8 Å². The number of hydrogen-bond acceptors (Lipinski definition) is 3. The van der Waals surface area contributed by atoms with Crippen LogP contribution in [0, 0.1) is 11.8 Å². The molecule has 2 aromatic rings. The molecule has 2 fully saturated rings. The summed E-state index contributed by atoms with van der Waals surface area (Å²) in [7, 11) is 0. The highest BCUT2D eigenvalue weighted by Gasteiger charge is 2.39. The summed E-state index contributed by atoms with van der Waals surface area (Å²) in [4.78, 5) is 15.1. The standard InChI is InChI=1S/C19H23ClN4O.ClH/c1-12(2)18-17(9-22-24(18)16-5-3-4-15(20)6-16)19(25)23-10-13-7-21-8-14(13)11-23;/h3-6,9,12-14,21H,7-8,10-11H2,1-2H3;1H/t13-,14+;. The molecule has 0 spiro atoms. The first kappa shape index (κ1) is 19.2. The van der Waals surface area contributed by atoms with E-state index in [0.29, 0.717) is 22.4 Å². The van der Waals surface area contributed by atoms with E-state index in [2.05, 4.69) is 24.3 Å². The molecule has 7 heteroatoms. The molecular weight excluding hydrogens is 371 g/mol. The number of halogens is 2. The molecule has 0 unspecified atom stereocenters. The molecule has 0 aliphatic carbocycles. The Hall–Kier alpha value is -1.56. The quantitative estimate of drug-likeness (QED) is 0.867. The predicted octanol–water partition coefficient (Wildman–Crippen LogP) is 3.36. The van der Waals surface area contributed by atoms with Gasteiger partial charge in [0.05, 0.1) is 23.1 Å². The monoisotopic (exact) mass is 394 g/mol. The van der Waals surface area contributed by atoms with E-state index in [-0.39, 0.29) is 24.2 Å². The van der Waals surface area contributed by atoms with Crippen molar-refractivity contribution in [1.82, 2.24) is 20.0 Å². The van der Waals surface area contributed by atoms with Gasteiger partial charge in [-0.3, -0.25) is 4.79 Å². The Bertz CT molecular complexity index is 793. The van der Waals surface area contributed by atoms with E-state index in [1.165, 1.54) is 0 Å². The first-order chi connectivity index (χ1) is 12.0.